The van der Waals surface area contributed by atoms with E-state index in [1.807, 2.05) is 24.3 Å². The summed E-state index contributed by atoms with van der Waals surface area (Å²) in [6.45, 7) is 0.578. The predicted molar refractivity (Wildman–Crippen MR) is 104 cm³/mol. The highest BCUT2D eigenvalue weighted by atomic mass is 16.5. The molecular weight excluding hydrogens is 374 g/mol. The molecular formula is C21H27N3O5. The average molecular weight is 401 g/mol. The normalized spacial score (nSPS) is 16.5. The molecule has 1 aromatic carbocycles. The van der Waals surface area contributed by atoms with Gasteiger partial charge in [-0.1, -0.05) is 12.1 Å². The molecule has 0 radical (unpaired) electrons. The van der Waals surface area contributed by atoms with Crippen molar-refractivity contribution in [2.24, 2.45) is 0 Å². The van der Waals surface area contributed by atoms with E-state index in [1.54, 1.807) is 12.0 Å². The summed E-state index contributed by atoms with van der Waals surface area (Å²) in [5, 5.41) is 8.12. The van der Waals surface area contributed by atoms with E-state index in [0.717, 1.165) is 30.6 Å². The molecule has 1 fully saturated rings. The molecule has 1 aromatic heterocycles. The molecule has 1 aliphatic heterocycles. The van der Waals surface area contributed by atoms with E-state index >= 15 is 0 Å². The Labute approximate surface area is 170 Å². The minimum Gasteiger partial charge on any atom is -0.497 e. The highest BCUT2D eigenvalue weighted by Crippen LogP contribution is 2.20. The third-order valence-corrected chi connectivity index (χ3v) is 5.12. The molecule has 1 aliphatic rings. The second kappa shape index (κ2) is 10.0. The first kappa shape index (κ1) is 20.8. The lowest BCUT2D eigenvalue weighted by molar-refractivity contribution is -0.154. The van der Waals surface area contributed by atoms with Gasteiger partial charge in [0.05, 0.1) is 14.2 Å². The van der Waals surface area contributed by atoms with Crippen LogP contribution in [0.3, 0.4) is 0 Å². The van der Waals surface area contributed by atoms with Crippen molar-refractivity contribution in [1.82, 2.24) is 15.1 Å². The first-order chi connectivity index (χ1) is 14.1. The molecule has 2 aromatic rings. The zero-order valence-electron chi connectivity index (χ0n) is 16.9. The number of carbonyl (C=O) groups is 2. The minimum absolute atomic E-state index is 0.0868. The van der Waals surface area contributed by atoms with Crippen molar-refractivity contribution in [2.45, 2.75) is 51.0 Å². The maximum atomic E-state index is 12.6. The van der Waals surface area contributed by atoms with Crippen molar-refractivity contribution >= 4 is 11.9 Å². The standard InChI is InChI=1S/C21H27N3O5/c1-27-16-7-5-6-15(14-16)9-10-18-22-23-19(29-18)11-12-20(25)24-13-4-3-8-17(24)21(26)28-2/h5-7,14,17H,3-4,8-13H2,1-2H3/t17-/m1/s1. The highest BCUT2D eigenvalue weighted by Gasteiger charge is 2.32. The van der Waals surface area contributed by atoms with Gasteiger partial charge < -0.3 is 18.8 Å². The van der Waals surface area contributed by atoms with Gasteiger partial charge in [0, 0.05) is 25.8 Å². The van der Waals surface area contributed by atoms with Crippen molar-refractivity contribution < 1.29 is 23.5 Å². The van der Waals surface area contributed by atoms with Crippen LogP contribution in [0.4, 0.5) is 0 Å². The van der Waals surface area contributed by atoms with Crippen LogP contribution in [-0.2, 0) is 33.6 Å². The van der Waals surface area contributed by atoms with E-state index in [2.05, 4.69) is 10.2 Å². The van der Waals surface area contributed by atoms with Gasteiger partial charge in [0.25, 0.3) is 0 Å². The number of aryl methyl sites for hydroxylation is 3. The van der Waals surface area contributed by atoms with Gasteiger partial charge in [0.2, 0.25) is 17.7 Å². The molecule has 0 aliphatic carbocycles. The number of rotatable bonds is 8. The summed E-state index contributed by atoms with van der Waals surface area (Å²) in [5.74, 6) is 1.36. The molecule has 0 bridgehead atoms. The molecule has 3 rings (SSSR count). The quantitative estimate of drug-likeness (QED) is 0.627. The van der Waals surface area contributed by atoms with Crippen molar-refractivity contribution in [2.75, 3.05) is 20.8 Å². The second-order valence-electron chi connectivity index (χ2n) is 7.06. The molecule has 2 heterocycles. The largest absolute Gasteiger partial charge is 0.497 e. The highest BCUT2D eigenvalue weighted by molar-refractivity contribution is 5.84. The van der Waals surface area contributed by atoms with Crippen molar-refractivity contribution in [3.8, 4) is 5.75 Å². The molecule has 29 heavy (non-hydrogen) atoms. The van der Waals surface area contributed by atoms with E-state index in [1.165, 1.54) is 7.11 Å². The van der Waals surface area contributed by atoms with Crippen LogP contribution in [0.1, 0.15) is 43.0 Å². The number of likely N-dealkylation sites (tertiary alicyclic amines) is 1. The Kier molecular flexibility index (Phi) is 7.21. The van der Waals surface area contributed by atoms with Crippen LogP contribution in [0, 0.1) is 0 Å². The molecule has 1 atom stereocenters. The van der Waals surface area contributed by atoms with E-state index in [4.69, 9.17) is 13.9 Å². The Hall–Kier alpha value is -2.90. The van der Waals surface area contributed by atoms with Crippen molar-refractivity contribution in [1.29, 1.82) is 0 Å². The number of esters is 1. The third kappa shape index (κ3) is 5.56. The lowest BCUT2D eigenvalue weighted by Crippen LogP contribution is -2.48. The van der Waals surface area contributed by atoms with Crippen LogP contribution in [0.5, 0.6) is 5.75 Å². The SMILES string of the molecule is COC(=O)[C@H]1CCCCN1C(=O)CCc1nnc(CCc2cccc(OC)c2)o1. The van der Waals surface area contributed by atoms with Gasteiger partial charge in [0.1, 0.15) is 11.8 Å². The monoisotopic (exact) mass is 401 g/mol. The van der Waals surface area contributed by atoms with Crippen molar-refractivity contribution in [3.05, 3.63) is 41.6 Å². The Balaban J connectivity index is 1.50. The summed E-state index contributed by atoms with van der Waals surface area (Å²) in [4.78, 5) is 26.1. The Morgan fingerprint density at radius 1 is 1.14 bits per heavy atom. The number of nitrogens with zero attached hydrogens (tertiary/aromatic N) is 3. The predicted octanol–water partition coefficient (Wildman–Crippen LogP) is 2.35. The average Bonchev–Trinajstić information content (AvgIpc) is 3.23. The van der Waals surface area contributed by atoms with Gasteiger partial charge in [-0.25, -0.2) is 4.79 Å². The molecule has 0 unspecified atom stereocenters. The Morgan fingerprint density at radius 3 is 2.69 bits per heavy atom. The zero-order chi connectivity index (χ0) is 20.6. The smallest absolute Gasteiger partial charge is 0.328 e. The first-order valence-electron chi connectivity index (χ1n) is 9.92. The molecule has 1 amide bonds. The molecule has 8 nitrogen and oxygen atoms in total. The Bertz CT molecular complexity index is 835. The molecule has 0 N–H and O–H groups in total. The van der Waals surface area contributed by atoms with Gasteiger partial charge in [-0.2, -0.15) is 0 Å². The van der Waals surface area contributed by atoms with E-state index in [0.29, 0.717) is 37.6 Å². The lowest BCUT2D eigenvalue weighted by Gasteiger charge is -2.33. The molecule has 8 heteroatoms. The van der Waals surface area contributed by atoms with Gasteiger partial charge in [0.15, 0.2) is 0 Å². The summed E-state index contributed by atoms with van der Waals surface area (Å²) in [6.07, 6.45) is 4.42. The van der Waals surface area contributed by atoms with Crippen LogP contribution in [0.15, 0.2) is 28.7 Å². The summed E-state index contributed by atoms with van der Waals surface area (Å²) in [6, 6.07) is 7.36. The minimum atomic E-state index is -0.484. The fourth-order valence-electron chi connectivity index (χ4n) is 3.54. The maximum Gasteiger partial charge on any atom is 0.328 e. The number of ether oxygens (including phenoxy) is 2. The van der Waals surface area contributed by atoms with E-state index < -0.39 is 6.04 Å². The van der Waals surface area contributed by atoms with Crippen molar-refractivity contribution in [3.63, 3.8) is 0 Å². The number of aromatic nitrogens is 2. The van der Waals surface area contributed by atoms with Gasteiger partial charge >= 0.3 is 5.97 Å². The van der Waals surface area contributed by atoms with Gasteiger partial charge in [-0.05, 0) is 43.4 Å². The summed E-state index contributed by atoms with van der Waals surface area (Å²) < 4.78 is 15.7. The zero-order valence-corrected chi connectivity index (χ0v) is 16.9. The van der Waals surface area contributed by atoms with E-state index in [9.17, 15) is 9.59 Å². The topological polar surface area (TPSA) is 94.8 Å². The molecule has 156 valence electrons. The third-order valence-electron chi connectivity index (χ3n) is 5.12. The van der Waals surface area contributed by atoms with Crippen LogP contribution in [0.2, 0.25) is 0 Å². The molecule has 0 spiro atoms. The first-order valence-corrected chi connectivity index (χ1v) is 9.92. The summed E-state index contributed by atoms with van der Waals surface area (Å²) in [5.41, 5.74) is 1.12. The van der Waals surface area contributed by atoms with Gasteiger partial charge in [-0.3, -0.25) is 4.79 Å². The molecule has 0 saturated carbocycles. The van der Waals surface area contributed by atoms with E-state index in [-0.39, 0.29) is 18.3 Å². The van der Waals surface area contributed by atoms with Crippen LogP contribution in [-0.4, -0.2) is 53.8 Å². The number of amides is 1. The Morgan fingerprint density at radius 2 is 1.93 bits per heavy atom. The summed E-state index contributed by atoms with van der Waals surface area (Å²) >= 11 is 0. The van der Waals surface area contributed by atoms with Gasteiger partial charge in [-0.15, -0.1) is 10.2 Å². The number of piperidine rings is 1. The van der Waals surface area contributed by atoms with Crippen LogP contribution < -0.4 is 4.74 Å². The number of carbonyl (C=O) groups excluding carboxylic acids is 2. The lowest BCUT2D eigenvalue weighted by atomic mass is 10.0. The maximum absolute atomic E-state index is 12.6. The second-order valence-corrected chi connectivity index (χ2v) is 7.06. The number of hydrogen-bond donors (Lipinski definition) is 0. The number of hydrogen-bond acceptors (Lipinski definition) is 7. The van der Waals surface area contributed by atoms with Crippen LogP contribution in [0.25, 0.3) is 0 Å². The number of methoxy groups -OCH3 is 2. The fraction of sp³-hybridized carbons (Fsp3) is 0.524. The number of benzene rings is 1. The van der Waals surface area contributed by atoms with Crippen LogP contribution >= 0.6 is 0 Å². The fourth-order valence-corrected chi connectivity index (χ4v) is 3.54. The summed E-state index contributed by atoms with van der Waals surface area (Å²) in [7, 11) is 2.99. The molecule has 1 saturated heterocycles.